The van der Waals surface area contributed by atoms with E-state index in [1.165, 1.54) is 25.7 Å². The van der Waals surface area contributed by atoms with Gasteiger partial charge in [-0.1, -0.05) is 12.8 Å². The van der Waals surface area contributed by atoms with Gasteiger partial charge in [-0.05, 0) is 37.8 Å². The minimum atomic E-state index is 0.560. The van der Waals surface area contributed by atoms with Crippen LogP contribution in [0.25, 0.3) is 0 Å². The van der Waals surface area contributed by atoms with Crippen molar-refractivity contribution in [2.75, 3.05) is 24.3 Å². The number of nitrogens with one attached hydrogen (secondary N) is 1. The van der Waals surface area contributed by atoms with Crippen molar-refractivity contribution < 1.29 is 0 Å². The molecule has 1 N–H and O–H groups in total. The first-order chi connectivity index (χ1) is 8.16. The first-order valence-corrected chi connectivity index (χ1v) is 6.57. The van der Waals surface area contributed by atoms with Crippen molar-refractivity contribution in [3.63, 3.8) is 0 Å². The standard InChI is InChI=1S/C14H23N3/c1-11(12-6-4-5-7-12)16-13-8-9-14(15-10-13)17(2)3/h8-12,16H,4-7H2,1-3H3. The Morgan fingerprint density at radius 2 is 2.00 bits per heavy atom. The monoisotopic (exact) mass is 233 g/mol. The summed E-state index contributed by atoms with van der Waals surface area (Å²) >= 11 is 0. The summed E-state index contributed by atoms with van der Waals surface area (Å²) in [6.07, 6.45) is 7.47. The molecule has 1 aliphatic carbocycles. The zero-order chi connectivity index (χ0) is 12.3. The maximum absolute atomic E-state index is 4.42. The van der Waals surface area contributed by atoms with Gasteiger partial charge < -0.3 is 10.2 Å². The third-order valence-corrected chi connectivity index (χ3v) is 3.71. The number of nitrogens with zero attached hydrogens (tertiary/aromatic N) is 2. The maximum atomic E-state index is 4.42. The zero-order valence-electron chi connectivity index (χ0n) is 11.1. The molecule has 0 saturated heterocycles. The zero-order valence-corrected chi connectivity index (χ0v) is 11.1. The first-order valence-electron chi connectivity index (χ1n) is 6.57. The Balaban J connectivity index is 1.93. The minimum absolute atomic E-state index is 0.560. The summed E-state index contributed by atoms with van der Waals surface area (Å²) in [6.45, 7) is 2.29. The van der Waals surface area contributed by atoms with Crippen molar-refractivity contribution in [1.82, 2.24) is 4.98 Å². The van der Waals surface area contributed by atoms with Gasteiger partial charge in [-0.2, -0.15) is 0 Å². The van der Waals surface area contributed by atoms with Gasteiger partial charge in [0.05, 0.1) is 11.9 Å². The number of anilines is 2. The Labute approximate surface area is 104 Å². The third kappa shape index (κ3) is 3.11. The van der Waals surface area contributed by atoms with Crippen molar-refractivity contribution in [1.29, 1.82) is 0 Å². The highest BCUT2D eigenvalue weighted by Crippen LogP contribution is 2.29. The van der Waals surface area contributed by atoms with Crippen LogP contribution in [0.5, 0.6) is 0 Å². The predicted molar refractivity (Wildman–Crippen MR) is 73.6 cm³/mol. The molecule has 0 spiro atoms. The lowest BCUT2D eigenvalue weighted by molar-refractivity contribution is 0.482. The molecule has 0 aromatic carbocycles. The molecular weight excluding hydrogens is 210 g/mol. The van der Waals surface area contributed by atoms with Crippen molar-refractivity contribution in [2.24, 2.45) is 5.92 Å². The summed E-state index contributed by atoms with van der Waals surface area (Å²) < 4.78 is 0. The van der Waals surface area contributed by atoms with Crippen molar-refractivity contribution in [3.05, 3.63) is 18.3 Å². The van der Waals surface area contributed by atoms with Crippen molar-refractivity contribution >= 4 is 11.5 Å². The average molecular weight is 233 g/mol. The minimum Gasteiger partial charge on any atom is -0.381 e. The largest absolute Gasteiger partial charge is 0.381 e. The van der Waals surface area contributed by atoms with E-state index < -0.39 is 0 Å². The summed E-state index contributed by atoms with van der Waals surface area (Å²) in [5, 5.41) is 3.57. The second-order valence-corrected chi connectivity index (χ2v) is 5.28. The summed E-state index contributed by atoms with van der Waals surface area (Å²) in [6, 6.07) is 4.74. The highest BCUT2D eigenvalue weighted by molar-refractivity contribution is 5.48. The predicted octanol–water partition coefficient (Wildman–Crippen LogP) is 3.14. The van der Waals surface area contributed by atoms with Gasteiger partial charge in [0, 0.05) is 20.1 Å². The lowest BCUT2D eigenvalue weighted by atomic mass is 10.00. The summed E-state index contributed by atoms with van der Waals surface area (Å²) in [5.41, 5.74) is 1.13. The van der Waals surface area contributed by atoms with Gasteiger partial charge in [0.1, 0.15) is 5.82 Å². The van der Waals surface area contributed by atoms with E-state index in [1.54, 1.807) is 0 Å². The molecule has 1 aromatic rings. The summed E-state index contributed by atoms with van der Waals surface area (Å²) in [7, 11) is 4.02. The lowest BCUT2D eigenvalue weighted by Crippen LogP contribution is -2.23. The Hall–Kier alpha value is -1.25. The van der Waals surface area contributed by atoms with Gasteiger partial charge in [0.15, 0.2) is 0 Å². The number of hydrogen-bond acceptors (Lipinski definition) is 3. The van der Waals surface area contributed by atoms with Crippen LogP contribution in [0.15, 0.2) is 18.3 Å². The summed E-state index contributed by atoms with van der Waals surface area (Å²) in [4.78, 5) is 6.44. The Kier molecular flexibility index (Phi) is 3.87. The van der Waals surface area contributed by atoms with Crippen LogP contribution in [-0.4, -0.2) is 25.1 Å². The van der Waals surface area contributed by atoms with Gasteiger partial charge in [-0.3, -0.25) is 0 Å². The van der Waals surface area contributed by atoms with Crippen LogP contribution in [0.2, 0.25) is 0 Å². The second-order valence-electron chi connectivity index (χ2n) is 5.28. The number of aromatic nitrogens is 1. The van der Waals surface area contributed by atoms with E-state index in [0.717, 1.165) is 17.4 Å². The molecule has 0 amide bonds. The summed E-state index contributed by atoms with van der Waals surface area (Å²) in [5.74, 6) is 1.84. The van der Waals surface area contributed by atoms with Gasteiger partial charge in [-0.25, -0.2) is 4.98 Å². The molecule has 1 aliphatic rings. The molecule has 3 heteroatoms. The Bertz CT molecular complexity index is 339. The van der Waals surface area contributed by atoms with E-state index in [1.807, 2.05) is 25.2 Å². The molecule has 0 aliphatic heterocycles. The van der Waals surface area contributed by atoms with E-state index in [-0.39, 0.29) is 0 Å². The van der Waals surface area contributed by atoms with Gasteiger partial charge in [0.25, 0.3) is 0 Å². The normalized spacial score (nSPS) is 18.1. The SMILES string of the molecule is CC(Nc1ccc(N(C)C)nc1)C1CCCC1. The molecule has 1 aromatic heterocycles. The van der Waals surface area contributed by atoms with E-state index in [4.69, 9.17) is 0 Å². The average Bonchev–Trinajstić information content (AvgIpc) is 2.83. The van der Waals surface area contributed by atoms with Crippen molar-refractivity contribution in [3.8, 4) is 0 Å². The van der Waals surface area contributed by atoms with E-state index in [0.29, 0.717) is 6.04 Å². The second kappa shape index (κ2) is 5.39. The molecule has 0 radical (unpaired) electrons. The molecule has 1 atom stereocenters. The Morgan fingerprint density at radius 3 is 2.53 bits per heavy atom. The Morgan fingerprint density at radius 1 is 1.29 bits per heavy atom. The van der Waals surface area contributed by atoms with Crippen LogP contribution in [0.3, 0.4) is 0 Å². The van der Waals surface area contributed by atoms with Crippen LogP contribution in [0.4, 0.5) is 11.5 Å². The molecule has 3 nitrogen and oxygen atoms in total. The molecule has 94 valence electrons. The number of pyridine rings is 1. The molecule has 1 saturated carbocycles. The van der Waals surface area contributed by atoms with Gasteiger partial charge in [-0.15, -0.1) is 0 Å². The lowest BCUT2D eigenvalue weighted by Gasteiger charge is -2.21. The highest BCUT2D eigenvalue weighted by Gasteiger charge is 2.21. The quantitative estimate of drug-likeness (QED) is 0.866. The molecule has 0 bridgehead atoms. The number of hydrogen-bond donors (Lipinski definition) is 1. The fraction of sp³-hybridized carbons (Fsp3) is 0.643. The molecule has 1 heterocycles. The molecule has 1 fully saturated rings. The molecular formula is C14H23N3. The van der Waals surface area contributed by atoms with E-state index >= 15 is 0 Å². The van der Waals surface area contributed by atoms with E-state index in [2.05, 4.69) is 29.4 Å². The van der Waals surface area contributed by atoms with Crippen LogP contribution < -0.4 is 10.2 Å². The van der Waals surface area contributed by atoms with Crippen LogP contribution in [0.1, 0.15) is 32.6 Å². The topological polar surface area (TPSA) is 28.2 Å². The highest BCUT2D eigenvalue weighted by atomic mass is 15.1. The van der Waals surface area contributed by atoms with Crippen LogP contribution in [0, 0.1) is 5.92 Å². The van der Waals surface area contributed by atoms with Gasteiger partial charge in [0.2, 0.25) is 0 Å². The van der Waals surface area contributed by atoms with Crippen molar-refractivity contribution in [2.45, 2.75) is 38.6 Å². The molecule has 17 heavy (non-hydrogen) atoms. The first kappa shape index (κ1) is 12.2. The molecule has 2 rings (SSSR count). The molecule has 1 unspecified atom stereocenters. The maximum Gasteiger partial charge on any atom is 0.128 e. The van der Waals surface area contributed by atoms with Crippen LogP contribution in [-0.2, 0) is 0 Å². The van der Waals surface area contributed by atoms with E-state index in [9.17, 15) is 0 Å². The fourth-order valence-electron chi connectivity index (χ4n) is 2.57. The fourth-order valence-corrected chi connectivity index (χ4v) is 2.57. The smallest absolute Gasteiger partial charge is 0.128 e. The van der Waals surface area contributed by atoms with Crippen LogP contribution >= 0.6 is 0 Å². The van der Waals surface area contributed by atoms with Gasteiger partial charge >= 0.3 is 0 Å². The number of rotatable bonds is 4. The third-order valence-electron chi connectivity index (χ3n) is 3.71.